The first kappa shape index (κ1) is 27.6. The number of carboxylic acids is 1. The highest BCUT2D eigenvalue weighted by Crippen LogP contribution is 2.36. The minimum Gasteiger partial charge on any atom is -0.478 e. The molecule has 0 saturated carbocycles. The summed E-state index contributed by atoms with van der Waals surface area (Å²) in [6.45, 7) is 4.56. The summed E-state index contributed by atoms with van der Waals surface area (Å²) < 4.78 is 11.2. The van der Waals surface area contributed by atoms with Crippen molar-refractivity contribution in [1.29, 1.82) is 0 Å². The van der Waals surface area contributed by atoms with Gasteiger partial charge in [0.05, 0.1) is 41.1 Å². The van der Waals surface area contributed by atoms with E-state index in [1.807, 2.05) is 38.1 Å². The number of rotatable bonds is 10. The maximum atomic E-state index is 12.4. The number of anilines is 2. The second-order valence-electron chi connectivity index (χ2n) is 9.58. The molecular formula is C31H31N5O5. The third kappa shape index (κ3) is 5.96. The lowest BCUT2D eigenvalue weighted by Gasteiger charge is -2.18. The van der Waals surface area contributed by atoms with Gasteiger partial charge in [-0.25, -0.2) is 9.78 Å². The van der Waals surface area contributed by atoms with E-state index in [4.69, 9.17) is 15.2 Å². The number of hydrogen-bond donors (Lipinski definition) is 3. The average molecular weight is 554 g/mol. The average Bonchev–Trinajstić information content (AvgIpc) is 2.97. The molecule has 0 unspecified atom stereocenters. The number of amides is 1. The van der Waals surface area contributed by atoms with E-state index >= 15 is 0 Å². The number of benzene rings is 2. The summed E-state index contributed by atoms with van der Waals surface area (Å²) >= 11 is 0. The highest BCUT2D eigenvalue weighted by molar-refractivity contribution is 6.08. The highest BCUT2D eigenvalue weighted by Gasteiger charge is 2.18. The predicted octanol–water partition coefficient (Wildman–Crippen LogP) is 5.99. The Morgan fingerprint density at radius 2 is 1.83 bits per heavy atom. The van der Waals surface area contributed by atoms with Crippen LogP contribution in [0.25, 0.3) is 27.6 Å². The Bertz CT molecular complexity index is 1670. The monoisotopic (exact) mass is 553 g/mol. The number of carboxylic acid groups (broad SMARTS) is 1. The van der Waals surface area contributed by atoms with Crippen LogP contribution in [0.2, 0.25) is 0 Å². The second-order valence-corrected chi connectivity index (χ2v) is 9.58. The number of aromatic nitrogens is 3. The topological polar surface area (TPSA) is 150 Å². The number of aromatic carboxylic acids is 1. The van der Waals surface area contributed by atoms with Crippen LogP contribution in [0, 0.1) is 0 Å². The minimum absolute atomic E-state index is 0.150. The van der Waals surface area contributed by atoms with Gasteiger partial charge in [0.15, 0.2) is 0 Å². The van der Waals surface area contributed by atoms with Gasteiger partial charge in [0.2, 0.25) is 5.88 Å². The Morgan fingerprint density at radius 1 is 1.00 bits per heavy atom. The Morgan fingerprint density at radius 3 is 2.54 bits per heavy atom. The number of carbonyl (C=O) groups is 2. The van der Waals surface area contributed by atoms with E-state index < -0.39 is 11.9 Å². The third-order valence-electron chi connectivity index (χ3n) is 6.84. The van der Waals surface area contributed by atoms with Crippen molar-refractivity contribution in [3.63, 3.8) is 0 Å². The predicted molar refractivity (Wildman–Crippen MR) is 157 cm³/mol. The third-order valence-corrected chi connectivity index (χ3v) is 6.84. The molecule has 41 heavy (non-hydrogen) atoms. The van der Waals surface area contributed by atoms with Crippen LogP contribution in [0.15, 0.2) is 54.9 Å². The van der Waals surface area contributed by atoms with Gasteiger partial charge in [-0.2, -0.15) is 4.98 Å². The molecule has 0 atom stereocenters. The summed E-state index contributed by atoms with van der Waals surface area (Å²) in [5.74, 6) is -1.31. The molecule has 0 aliphatic heterocycles. The van der Waals surface area contributed by atoms with Crippen LogP contribution in [-0.2, 0) is 0 Å². The smallest absolute Gasteiger partial charge is 0.335 e. The first-order valence-electron chi connectivity index (χ1n) is 13.6. The number of pyridine rings is 1. The van der Waals surface area contributed by atoms with Crippen LogP contribution < -0.4 is 20.5 Å². The normalized spacial score (nSPS) is 13.0. The van der Waals surface area contributed by atoms with Crippen molar-refractivity contribution in [3.8, 4) is 23.0 Å². The molecule has 10 nitrogen and oxygen atoms in total. The second kappa shape index (κ2) is 12.0. The molecule has 0 radical (unpaired) electrons. The zero-order valence-corrected chi connectivity index (χ0v) is 22.9. The number of hydrogen-bond acceptors (Lipinski definition) is 8. The van der Waals surface area contributed by atoms with Crippen molar-refractivity contribution < 1.29 is 24.2 Å². The van der Waals surface area contributed by atoms with Gasteiger partial charge in [-0.3, -0.25) is 9.78 Å². The van der Waals surface area contributed by atoms with Crippen LogP contribution in [0.4, 0.5) is 11.4 Å². The maximum absolute atomic E-state index is 12.4. The largest absolute Gasteiger partial charge is 0.478 e. The molecule has 5 rings (SSSR count). The van der Waals surface area contributed by atoms with Gasteiger partial charge in [0.1, 0.15) is 0 Å². The van der Waals surface area contributed by atoms with E-state index in [0.29, 0.717) is 46.9 Å². The van der Waals surface area contributed by atoms with E-state index in [2.05, 4.69) is 26.3 Å². The molecular weight excluding hydrogens is 522 g/mol. The van der Waals surface area contributed by atoms with Crippen molar-refractivity contribution in [3.05, 3.63) is 71.6 Å². The molecule has 4 N–H and O–H groups in total. The van der Waals surface area contributed by atoms with Gasteiger partial charge >= 0.3 is 12.0 Å². The molecule has 0 spiro atoms. The van der Waals surface area contributed by atoms with Crippen LogP contribution in [0.1, 0.15) is 65.8 Å². The molecule has 2 heterocycles. The number of nitrogens with one attached hydrogen (secondary N) is 1. The first-order chi connectivity index (χ1) is 19.9. The first-order valence-corrected chi connectivity index (χ1v) is 13.6. The van der Waals surface area contributed by atoms with Crippen molar-refractivity contribution in [1.82, 2.24) is 15.0 Å². The number of nitrogens with two attached hydrogens (primary N) is 1. The van der Waals surface area contributed by atoms with Gasteiger partial charge in [-0.05, 0) is 80.5 Å². The number of ether oxygens (including phenoxy) is 2. The molecule has 1 aliphatic rings. The zero-order valence-electron chi connectivity index (χ0n) is 22.9. The fraction of sp³-hybridized carbons (Fsp3) is 0.258. The number of nitrogens with zero attached hydrogens (tertiary/aromatic N) is 3. The van der Waals surface area contributed by atoms with Crippen molar-refractivity contribution in [2.75, 3.05) is 18.5 Å². The Balaban J connectivity index is 1.60. The van der Waals surface area contributed by atoms with Gasteiger partial charge < -0.3 is 25.6 Å². The lowest BCUT2D eigenvalue weighted by Crippen LogP contribution is -2.14. The summed E-state index contributed by atoms with van der Waals surface area (Å²) in [5.41, 5.74) is 11.0. The van der Waals surface area contributed by atoms with Gasteiger partial charge in [-0.1, -0.05) is 18.2 Å². The lowest BCUT2D eigenvalue weighted by molar-refractivity contribution is 0.0696. The van der Waals surface area contributed by atoms with Crippen LogP contribution in [-0.4, -0.2) is 45.1 Å². The summed E-state index contributed by atoms with van der Waals surface area (Å²) in [5, 5.41) is 13.7. The fourth-order valence-electron chi connectivity index (χ4n) is 4.93. The van der Waals surface area contributed by atoms with Gasteiger partial charge in [0, 0.05) is 23.5 Å². The molecule has 2 aromatic carbocycles. The number of allylic oxidation sites excluding steroid dienone is 2. The highest BCUT2D eigenvalue weighted by atomic mass is 16.5. The van der Waals surface area contributed by atoms with E-state index in [1.165, 1.54) is 6.20 Å². The standard InChI is InChI=1S/C31H31N5O5/c1-3-40-29-24(16-34-31(36-29)41-4-2)19-10-11-23-26(15-19)33-17-25(28(32)37)27(23)35-22-13-20(12-21(14-22)30(38)39)18-8-6-5-7-9-18/h8,10-17H,3-7,9H2,1-2H3,(H2,32,37)(H,33,35)(H,38,39). The molecule has 210 valence electrons. The maximum Gasteiger partial charge on any atom is 0.335 e. The number of primary amides is 1. The van der Waals surface area contributed by atoms with E-state index in [1.54, 1.807) is 18.3 Å². The fourth-order valence-corrected chi connectivity index (χ4v) is 4.93. The van der Waals surface area contributed by atoms with E-state index in [9.17, 15) is 14.7 Å². The summed E-state index contributed by atoms with van der Waals surface area (Å²) in [6, 6.07) is 10.9. The van der Waals surface area contributed by atoms with Crippen molar-refractivity contribution in [2.24, 2.45) is 5.73 Å². The zero-order chi connectivity index (χ0) is 28.9. The van der Waals surface area contributed by atoms with Crippen LogP contribution >= 0.6 is 0 Å². The summed E-state index contributed by atoms with van der Waals surface area (Å²) in [4.78, 5) is 37.6. The molecule has 4 aromatic rings. The molecule has 0 bridgehead atoms. The Labute approximate surface area is 237 Å². The van der Waals surface area contributed by atoms with E-state index in [0.717, 1.165) is 42.4 Å². The SMILES string of the molecule is CCOc1ncc(-c2ccc3c(Nc4cc(C(=O)O)cc(C5=CCCCC5)c4)c(C(N)=O)cnc3c2)c(OCC)n1. The molecule has 1 aliphatic carbocycles. The Kier molecular flexibility index (Phi) is 8.09. The number of carbonyl (C=O) groups excluding carboxylic acids is 1. The van der Waals surface area contributed by atoms with E-state index in [-0.39, 0.29) is 17.1 Å². The minimum atomic E-state index is -1.03. The summed E-state index contributed by atoms with van der Waals surface area (Å²) in [7, 11) is 0. The molecule has 0 fully saturated rings. The van der Waals surface area contributed by atoms with Gasteiger partial charge in [0.25, 0.3) is 5.91 Å². The molecule has 0 saturated heterocycles. The molecule has 10 heteroatoms. The Hall–Kier alpha value is -4.99. The van der Waals surface area contributed by atoms with Crippen LogP contribution in [0.5, 0.6) is 11.9 Å². The lowest BCUT2D eigenvalue weighted by atomic mass is 9.92. The molecule has 1 amide bonds. The quantitative estimate of drug-likeness (QED) is 0.215. The van der Waals surface area contributed by atoms with Crippen molar-refractivity contribution in [2.45, 2.75) is 39.5 Å². The number of fused-ring (bicyclic) bond motifs is 1. The molecule has 2 aromatic heterocycles. The van der Waals surface area contributed by atoms with Crippen molar-refractivity contribution >= 4 is 39.7 Å². The van der Waals surface area contributed by atoms with Gasteiger partial charge in [-0.15, -0.1) is 0 Å². The summed E-state index contributed by atoms with van der Waals surface area (Å²) in [6.07, 6.45) is 9.24. The van der Waals surface area contributed by atoms with Crippen LogP contribution in [0.3, 0.4) is 0 Å².